The normalized spacial score (nSPS) is 15.9. The summed E-state index contributed by atoms with van der Waals surface area (Å²) in [7, 11) is 0. The maximum absolute atomic E-state index is 12.3. The molecule has 1 aliphatic rings. The molecule has 4 heteroatoms. The number of amides is 1. The van der Waals surface area contributed by atoms with Gasteiger partial charge in [-0.25, -0.2) is 0 Å². The fraction of sp³-hybridized carbons (Fsp3) is 0.353. The molecular formula is C17H19N3O. The van der Waals surface area contributed by atoms with E-state index < -0.39 is 0 Å². The van der Waals surface area contributed by atoms with E-state index in [9.17, 15) is 4.79 Å². The number of carbonyl (C=O) groups excluding carboxylic acids is 1. The highest BCUT2D eigenvalue weighted by Gasteiger charge is 2.24. The fourth-order valence-corrected chi connectivity index (χ4v) is 2.83. The van der Waals surface area contributed by atoms with Crippen LogP contribution in [0.1, 0.15) is 30.0 Å². The second-order valence-corrected chi connectivity index (χ2v) is 5.45. The van der Waals surface area contributed by atoms with Crippen LogP contribution in [-0.4, -0.2) is 33.9 Å². The van der Waals surface area contributed by atoms with Gasteiger partial charge in [0.1, 0.15) is 0 Å². The zero-order chi connectivity index (χ0) is 14.5. The molecule has 0 bridgehead atoms. The van der Waals surface area contributed by atoms with Crippen LogP contribution >= 0.6 is 0 Å². The van der Waals surface area contributed by atoms with Crippen molar-refractivity contribution in [3.63, 3.8) is 0 Å². The number of rotatable bonds is 3. The summed E-state index contributed by atoms with van der Waals surface area (Å²) >= 11 is 0. The van der Waals surface area contributed by atoms with Gasteiger partial charge in [0.15, 0.2) is 0 Å². The van der Waals surface area contributed by atoms with Crippen LogP contribution in [0.5, 0.6) is 0 Å². The molecule has 1 saturated heterocycles. The molecule has 0 spiro atoms. The Hall–Kier alpha value is -2.23. The van der Waals surface area contributed by atoms with E-state index >= 15 is 0 Å². The van der Waals surface area contributed by atoms with E-state index in [4.69, 9.17) is 0 Å². The van der Waals surface area contributed by atoms with Crippen LogP contribution in [0.2, 0.25) is 0 Å². The first kappa shape index (κ1) is 13.7. The first-order valence-corrected chi connectivity index (χ1v) is 7.40. The second kappa shape index (κ2) is 6.48. The summed E-state index contributed by atoms with van der Waals surface area (Å²) in [4.78, 5) is 22.8. The highest BCUT2D eigenvalue weighted by molar-refractivity contribution is 5.78. The molecule has 0 unspecified atom stereocenters. The van der Waals surface area contributed by atoms with Crippen LogP contribution in [-0.2, 0) is 11.2 Å². The Morgan fingerprint density at radius 1 is 1.14 bits per heavy atom. The van der Waals surface area contributed by atoms with Crippen molar-refractivity contribution < 1.29 is 4.79 Å². The Bertz CT molecular complexity index is 577. The lowest BCUT2D eigenvalue weighted by atomic mass is 9.93. The molecule has 0 aliphatic carbocycles. The van der Waals surface area contributed by atoms with Gasteiger partial charge in [-0.05, 0) is 18.4 Å². The van der Waals surface area contributed by atoms with Crippen molar-refractivity contribution in [3.8, 4) is 0 Å². The molecule has 1 aromatic heterocycles. The fourth-order valence-electron chi connectivity index (χ4n) is 2.83. The van der Waals surface area contributed by atoms with Crippen molar-refractivity contribution in [2.75, 3.05) is 13.1 Å². The van der Waals surface area contributed by atoms with Crippen molar-refractivity contribution in [1.29, 1.82) is 0 Å². The van der Waals surface area contributed by atoms with Crippen molar-refractivity contribution in [1.82, 2.24) is 14.9 Å². The van der Waals surface area contributed by atoms with Crippen molar-refractivity contribution in [2.24, 2.45) is 0 Å². The lowest BCUT2D eigenvalue weighted by molar-refractivity contribution is -0.131. The van der Waals surface area contributed by atoms with Gasteiger partial charge in [0.25, 0.3) is 0 Å². The molecule has 2 aromatic rings. The predicted molar refractivity (Wildman–Crippen MR) is 80.7 cm³/mol. The monoisotopic (exact) mass is 281 g/mol. The van der Waals surface area contributed by atoms with Gasteiger partial charge in [0.2, 0.25) is 5.91 Å². The summed E-state index contributed by atoms with van der Waals surface area (Å²) in [6.07, 6.45) is 7.71. The number of likely N-dealkylation sites (tertiary alicyclic amines) is 1. The quantitative estimate of drug-likeness (QED) is 0.868. The summed E-state index contributed by atoms with van der Waals surface area (Å²) in [6.45, 7) is 1.62. The van der Waals surface area contributed by atoms with Gasteiger partial charge >= 0.3 is 0 Å². The van der Waals surface area contributed by atoms with Crippen LogP contribution in [0, 0.1) is 0 Å². The molecule has 1 fully saturated rings. The Morgan fingerprint density at radius 2 is 1.90 bits per heavy atom. The van der Waals surface area contributed by atoms with Crippen LogP contribution in [0.25, 0.3) is 0 Å². The van der Waals surface area contributed by atoms with E-state index in [1.807, 2.05) is 41.4 Å². The third-order valence-corrected chi connectivity index (χ3v) is 4.05. The Balaban J connectivity index is 1.55. The smallest absolute Gasteiger partial charge is 0.226 e. The van der Waals surface area contributed by atoms with Crippen LogP contribution in [0.4, 0.5) is 0 Å². The van der Waals surface area contributed by atoms with Crippen LogP contribution < -0.4 is 0 Å². The molecule has 0 saturated carbocycles. The third-order valence-electron chi connectivity index (χ3n) is 4.05. The van der Waals surface area contributed by atoms with Gasteiger partial charge in [0, 0.05) is 37.6 Å². The molecular weight excluding hydrogens is 262 g/mol. The first-order chi connectivity index (χ1) is 10.3. The van der Waals surface area contributed by atoms with Gasteiger partial charge < -0.3 is 4.90 Å². The van der Waals surface area contributed by atoms with Gasteiger partial charge in [-0.2, -0.15) is 0 Å². The predicted octanol–water partition coefficient (Wildman–Crippen LogP) is 2.43. The van der Waals surface area contributed by atoms with Gasteiger partial charge in [-0.3, -0.25) is 14.8 Å². The minimum atomic E-state index is 0.221. The molecule has 4 nitrogen and oxygen atoms in total. The highest BCUT2D eigenvalue weighted by Crippen LogP contribution is 2.26. The molecule has 0 N–H and O–H groups in total. The summed E-state index contributed by atoms with van der Waals surface area (Å²) < 4.78 is 0. The largest absolute Gasteiger partial charge is 0.342 e. The summed E-state index contributed by atoms with van der Waals surface area (Å²) in [5.41, 5.74) is 2.13. The average molecular weight is 281 g/mol. The van der Waals surface area contributed by atoms with Crippen LogP contribution in [0.15, 0.2) is 48.9 Å². The SMILES string of the molecule is O=C(Cc1ccccc1)N1CCC(c2cnccn2)CC1. The molecule has 21 heavy (non-hydrogen) atoms. The highest BCUT2D eigenvalue weighted by atomic mass is 16.2. The minimum absolute atomic E-state index is 0.221. The minimum Gasteiger partial charge on any atom is -0.342 e. The van der Waals surface area contributed by atoms with Crippen LogP contribution in [0.3, 0.4) is 0 Å². The maximum Gasteiger partial charge on any atom is 0.226 e. The molecule has 1 aromatic carbocycles. The Morgan fingerprint density at radius 3 is 2.57 bits per heavy atom. The third kappa shape index (κ3) is 3.45. The number of piperidine rings is 1. The molecule has 1 aliphatic heterocycles. The van der Waals surface area contributed by atoms with E-state index in [0.717, 1.165) is 37.2 Å². The Labute approximate surface area is 124 Å². The molecule has 0 atom stereocenters. The number of carbonyl (C=O) groups is 1. The zero-order valence-corrected chi connectivity index (χ0v) is 12.0. The number of benzene rings is 1. The molecule has 108 valence electrons. The number of nitrogens with zero attached hydrogens (tertiary/aromatic N) is 3. The standard InChI is InChI=1S/C17H19N3O/c21-17(12-14-4-2-1-3-5-14)20-10-6-15(7-11-20)16-13-18-8-9-19-16/h1-5,8-9,13,15H,6-7,10-12H2. The van der Waals surface area contributed by atoms with E-state index in [2.05, 4.69) is 9.97 Å². The first-order valence-electron chi connectivity index (χ1n) is 7.40. The van der Waals surface area contributed by atoms with Crippen molar-refractivity contribution in [2.45, 2.75) is 25.2 Å². The van der Waals surface area contributed by atoms with Gasteiger partial charge in [0.05, 0.1) is 12.1 Å². The summed E-state index contributed by atoms with van der Waals surface area (Å²) in [5, 5.41) is 0. The second-order valence-electron chi connectivity index (χ2n) is 5.45. The van der Waals surface area contributed by atoms with Crippen molar-refractivity contribution in [3.05, 3.63) is 60.2 Å². The van der Waals surface area contributed by atoms with E-state index in [-0.39, 0.29) is 5.91 Å². The lowest BCUT2D eigenvalue weighted by Gasteiger charge is -2.31. The van der Waals surface area contributed by atoms with E-state index in [1.165, 1.54) is 0 Å². The van der Waals surface area contributed by atoms with Crippen molar-refractivity contribution >= 4 is 5.91 Å². The molecule has 0 radical (unpaired) electrons. The number of aromatic nitrogens is 2. The summed E-state index contributed by atoms with van der Waals surface area (Å²) in [6, 6.07) is 9.93. The average Bonchev–Trinajstić information content (AvgIpc) is 2.57. The lowest BCUT2D eigenvalue weighted by Crippen LogP contribution is -2.38. The van der Waals surface area contributed by atoms with E-state index in [0.29, 0.717) is 12.3 Å². The van der Waals surface area contributed by atoms with Gasteiger partial charge in [-0.15, -0.1) is 0 Å². The topological polar surface area (TPSA) is 46.1 Å². The van der Waals surface area contributed by atoms with E-state index in [1.54, 1.807) is 12.4 Å². The number of hydrogen-bond acceptors (Lipinski definition) is 3. The molecule has 2 heterocycles. The Kier molecular flexibility index (Phi) is 4.24. The zero-order valence-electron chi connectivity index (χ0n) is 12.0. The maximum atomic E-state index is 12.3. The molecule has 3 rings (SSSR count). The molecule has 1 amide bonds. The number of hydrogen-bond donors (Lipinski definition) is 0. The van der Waals surface area contributed by atoms with Gasteiger partial charge in [-0.1, -0.05) is 30.3 Å². The summed E-state index contributed by atoms with van der Waals surface area (Å²) in [5.74, 6) is 0.651.